The second kappa shape index (κ2) is 9.90. The maximum absolute atomic E-state index is 12.3. The van der Waals surface area contributed by atoms with Crippen molar-refractivity contribution in [3.8, 4) is 11.5 Å². The Morgan fingerprint density at radius 2 is 2.09 bits per heavy atom. The molecule has 1 amide bonds. The number of ether oxygens (including phenoxy) is 2. The maximum atomic E-state index is 12.3. The molecule has 1 atom stereocenters. The van der Waals surface area contributed by atoms with Crippen molar-refractivity contribution in [1.82, 2.24) is 10.2 Å². The van der Waals surface area contributed by atoms with E-state index in [-0.39, 0.29) is 24.4 Å². The summed E-state index contributed by atoms with van der Waals surface area (Å²) in [5, 5.41) is 3.30. The van der Waals surface area contributed by atoms with Crippen molar-refractivity contribution in [3.05, 3.63) is 18.2 Å². The number of nitrogens with zero attached hydrogens (tertiary/aromatic N) is 1. The van der Waals surface area contributed by atoms with E-state index in [9.17, 15) is 4.79 Å². The zero-order chi connectivity index (χ0) is 15.9. The summed E-state index contributed by atoms with van der Waals surface area (Å²) in [6.07, 6.45) is 0.559. The highest BCUT2D eigenvalue weighted by molar-refractivity contribution is 7.99. The fourth-order valence-corrected chi connectivity index (χ4v) is 3.38. The van der Waals surface area contributed by atoms with Crippen LogP contribution < -0.4 is 14.8 Å². The summed E-state index contributed by atoms with van der Waals surface area (Å²) >= 11 is 1.66. The number of nitrogens with one attached hydrogen (secondary N) is 1. The van der Waals surface area contributed by atoms with Crippen LogP contribution in [0.2, 0.25) is 0 Å². The van der Waals surface area contributed by atoms with E-state index in [0.717, 1.165) is 41.8 Å². The van der Waals surface area contributed by atoms with Gasteiger partial charge in [-0.2, -0.15) is 0 Å². The second-order valence-corrected chi connectivity index (χ2v) is 6.42. The Labute approximate surface area is 148 Å². The molecule has 5 nitrogen and oxygen atoms in total. The fraction of sp³-hybridized carbons (Fsp3) is 0.562. The quantitative estimate of drug-likeness (QED) is 0.789. The molecule has 0 radical (unpaired) electrons. The van der Waals surface area contributed by atoms with Gasteiger partial charge >= 0.3 is 0 Å². The zero-order valence-corrected chi connectivity index (χ0v) is 15.5. The van der Waals surface area contributed by atoms with Crippen LogP contribution in [0.5, 0.6) is 11.5 Å². The van der Waals surface area contributed by atoms with Crippen molar-refractivity contribution >= 4 is 30.1 Å². The van der Waals surface area contributed by atoms with E-state index in [1.807, 2.05) is 23.1 Å². The molecule has 1 fully saturated rings. The van der Waals surface area contributed by atoms with Crippen LogP contribution >= 0.6 is 24.2 Å². The van der Waals surface area contributed by atoms with Gasteiger partial charge < -0.3 is 19.7 Å². The van der Waals surface area contributed by atoms with E-state index < -0.39 is 0 Å². The van der Waals surface area contributed by atoms with Gasteiger partial charge in [-0.1, -0.05) is 0 Å². The first kappa shape index (κ1) is 19.9. The minimum Gasteiger partial charge on any atom is -0.493 e. The average molecular weight is 361 g/mol. The fourth-order valence-electron chi connectivity index (χ4n) is 2.52. The first-order valence-corrected chi connectivity index (χ1v) is 8.49. The van der Waals surface area contributed by atoms with Crippen LogP contribution in [0, 0.1) is 0 Å². The Hall–Kier alpha value is -1.11. The van der Waals surface area contributed by atoms with Crippen molar-refractivity contribution < 1.29 is 14.3 Å². The van der Waals surface area contributed by atoms with Gasteiger partial charge in [0.15, 0.2) is 11.5 Å². The molecule has 1 saturated heterocycles. The van der Waals surface area contributed by atoms with Crippen LogP contribution in [0.25, 0.3) is 0 Å². The van der Waals surface area contributed by atoms with Crippen molar-refractivity contribution in [3.63, 3.8) is 0 Å². The number of benzene rings is 1. The molecular weight excluding hydrogens is 336 g/mol. The molecule has 0 aliphatic carbocycles. The van der Waals surface area contributed by atoms with Crippen LogP contribution in [0.1, 0.15) is 13.3 Å². The van der Waals surface area contributed by atoms with E-state index in [1.54, 1.807) is 26.0 Å². The molecule has 1 aromatic carbocycles. The molecule has 1 aliphatic heterocycles. The summed E-state index contributed by atoms with van der Waals surface area (Å²) in [7, 11) is 3.25. The highest BCUT2D eigenvalue weighted by Crippen LogP contribution is 2.32. The Kier molecular flexibility index (Phi) is 8.58. The number of carbonyl (C=O) groups excluding carboxylic acids is 1. The molecule has 7 heteroatoms. The zero-order valence-electron chi connectivity index (χ0n) is 13.8. The van der Waals surface area contributed by atoms with E-state index in [2.05, 4.69) is 12.2 Å². The lowest BCUT2D eigenvalue weighted by Crippen LogP contribution is -2.52. The normalized spacial score (nSPS) is 17.3. The van der Waals surface area contributed by atoms with Crippen molar-refractivity contribution in [2.75, 3.05) is 39.6 Å². The molecule has 0 bridgehead atoms. The SMILES string of the molecule is COc1ccc(SCCC(=O)N2CCNC[C@@H]2C)cc1OC.Cl. The Bertz CT molecular complexity index is 516. The van der Waals surface area contributed by atoms with Gasteiger partial charge in [-0.3, -0.25) is 4.79 Å². The highest BCUT2D eigenvalue weighted by atomic mass is 35.5. The number of carbonyl (C=O) groups is 1. The third-order valence-electron chi connectivity index (χ3n) is 3.76. The summed E-state index contributed by atoms with van der Waals surface area (Å²) in [6.45, 7) is 4.67. The number of hydrogen-bond acceptors (Lipinski definition) is 5. The molecular formula is C16H25ClN2O3S. The molecule has 2 rings (SSSR count). The smallest absolute Gasteiger partial charge is 0.223 e. The first-order valence-electron chi connectivity index (χ1n) is 7.50. The molecule has 0 saturated carbocycles. The van der Waals surface area contributed by atoms with E-state index in [4.69, 9.17) is 9.47 Å². The first-order chi connectivity index (χ1) is 10.7. The third kappa shape index (κ3) is 5.48. The number of methoxy groups -OCH3 is 2. The summed E-state index contributed by atoms with van der Waals surface area (Å²) in [6, 6.07) is 6.11. The van der Waals surface area contributed by atoms with Crippen molar-refractivity contribution in [2.45, 2.75) is 24.3 Å². The lowest BCUT2D eigenvalue weighted by atomic mass is 10.2. The van der Waals surface area contributed by atoms with Gasteiger partial charge in [-0.25, -0.2) is 0 Å². The topological polar surface area (TPSA) is 50.8 Å². The minimum absolute atomic E-state index is 0. The predicted molar refractivity (Wildman–Crippen MR) is 96.2 cm³/mol. The summed E-state index contributed by atoms with van der Waals surface area (Å²) in [5.41, 5.74) is 0. The van der Waals surface area contributed by atoms with Gasteiger partial charge in [-0.05, 0) is 25.1 Å². The van der Waals surface area contributed by atoms with Gasteiger partial charge in [0, 0.05) is 42.7 Å². The van der Waals surface area contributed by atoms with Gasteiger partial charge in [0.1, 0.15) is 0 Å². The molecule has 1 aromatic rings. The van der Waals surface area contributed by atoms with Crippen LogP contribution in [0.3, 0.4) is 0 Å². The Balaban J connectivity index is 0.00000264. The maximum Gasteiger partial charge on any atom is 0.223 e. The molecule has 130 valence electrons. The van der Waals surface area contributed by atoms with Crippen LogP contribution in [-0.2, 0) is 4.79 Å². The number of thioether (sulfide) groups is 1. The molecule has 1 N–H and O–H groups in total. The largest absolute Gasteiger partial charge is 0.493 e. The molecule has 0 spiro atoms. The predicted octanol–water partition coefficient (Wildman–Crippen LogP) is 2.43. The van der Waals surface area contributed by atoms with Crippen molar-refractivity contribution in [2.24, 2.45) is 0 Å². The van der Waals surface area contributed by atoms with Gasteiger partial charge in [0.2, 0.25) is 5.91 Å². The molecule has 0 aromatic heterocycles. The molecule has 1 aliphatic rings. The van der Waals surface area contributed by atoms with E-state index in [1.165, 1.54) is 0 Å². The van der Waals surface area contributed by atoms with Crippen molar-refractivity contribution in [1.29, 1.82) is 0 Å². The minimum atomic E-state index is 0. The summed E-state index contributed by atoms with van der Waals surface area (Å²) < 4.78 is 10.5. The lowest BCUT2D eigenvalue weighted by Gasteiger charge is -2.34. The second-order valence-electron chi connectivity index (χ2n) is 5.26. The van der Waals surface area contributed by atoms with Crippen LogP contribution in [0.4, 0.5) is 0 Å². The summed E-state index contributed by atoms with van der Waals surface area (Å²) in [5.74, 6) is 2.44. The molecule has 1 heterocycles. The monoisotopic (exact) mass is 360 g/mol. The van der Waals surface area contributed by atoms with Gasteiger partial charge in [-0.15, -0.1) is 24.2 Å². The number of rotatable bonds is 6. The molecule has 0 unspecified atom stereocenters. The highest BCUT2D eigenvalue weighted by Gasteiger charge is 2.22. The van der Waals surface area contributed by atoms with Crippen LogP contribution in [-0.4, -0.2) is 56.5 Å². The standard InChI is InChI=1S/C16H24N2O3S.ClH/c1-12-11-17-7-8-18(12)16(19)6-9-22-13-4-5-14(20-2)15(10-13)21-3;/h4-5,10,12,17H,6-9,11H2,1-3H3;1H/t12-;/m0./s1. The Morgan fingerprint density at radius 1 is 1.35 bits per heavy atom. The van der Waals surface area contributed by atoms with Gasteiger partial charge in [0.25, 0.3) is 0 Å². The number of piperazine rings is 1. The third-order valence-corrected chi connectivity index (χ3v) is 4.76. The lowest BCUT2D eigenvalue weighted by molar-refractivity contribution is -0.133. The van der Waals surface area contributed by atoms with E-state index >= 15 is 0 Å². The Morgan fingerprint density at radius 3 is 2.74 bits per heavy atom. The average Bonchev–Trinajstić information content (AvgIpc) is 2.55. The number of hydrogen-bond donors (Lipinski definition) is 1. The van der Waals surface area contributed by atoms with E-state index in [0.29, 0.717) is 6.42 Å². The number of amides is 1. The summed E-state index contributed by atoms with van der Waals surface area (Å²) in [4.78, 5) is 15.3. The molecule has 23 heavy (non-hydrogen) atoms. The van der Waals surface area contributed by atoms with Crippen LogP contribution in [0.15, 0.2) is 23.1 Å². The van der Waals surface area contributed by atoms with Gasteiger partial charge in [0.05, 0.1) is 14.2 Å². The number of halogens is 1.